The average Bonchev–Trinajstić information content (AvgIpc) is 3.19. The van der Waals surface area contributed by atoms with Crippen LogP contribution in [-0.2, 0) is 28.6 Å². The van der Waals surface area contributed by atoms with Gasteiger partial charge in [-0.1, -0.05) is 165 Å². The minimum atomic E-state index is -1.13. The smallest absolute Gasteiger partial charge is 0.306 e. The Hall–Kier alpha value is -2.71. The average molecular weight is 830 g/mol. The molecule has 0 aliphatic rings. The first-order valence-electron chi connectivity index (χ1n) is 24.2. The Kier molecular flexibility index (Phi) is 40.1. The first kappa shape index (κ1) is 56.3. The molecule has 0 aliphatic carbocycles. The Morgan fingerprint density at radius 2 is 0.949 bits per heavy atom. The summed E-state index contributed by atoms with van der Waals surface area (Å²) in [5.74, 6) is -1.75. The van der Waals surface area contributed by atoms with Gasteiger partial charge in [-0.05, 0) is 70.6 Å². The molecule has 2 unspecified atom stereocenters. The van der Waals surface area contributed by atoms with Crippen molar-refractivity contribution in [2.75, 3.05) is 41.0 Å². The van der Waals surface area contributed by atoms with Crippen LogP contribution in [0.15, 0.2) is 48.6 Å². The van der Waals surface area contributed by atoms with Gasteiger partial charge >= 0.3 is 11.9 Å². The van der Waals surface area contributed by atoms with Gasteiger partial charge in [-0.15, -0.1) is 0 Å². The van der Waals surface area contributed by atoms with Crippen LogP contribution in [0.2, 0.25) is 0 Å². The lowest BCUT2D eigenvalue weighted by Gasteiger charge is -2.34. The second kappa shape index (κ2) is 42.0. The van der Waals surface area contributed by atoms with E-state index in [9.17, 15) is 19.5 Å². The van der Waals surface area contributed by atoms with Crippen molar-refractivity contribution >= 4 is 17.9 Å². The second-order valence-corrected chi connectivity index (χ2v) is 17.3. The van der Waals surface area contributed by atoms with Crippen LogP contribution in [0.5, 0.6) is 0 Å². The molecule has 0 N–H and O–H groups in total. The number of allylic oxidation sites excluding steroid dienone is 8. The second-order valence-electron chi connectivity index (χ2n) is 17.3. The fourth-order valence-corrected chi connectivity index (χ4v) is 6.96. The molecule has 8 nitrogen and oxygen atoms in total. The summed E-state index contributed by atoms with van der Waals surface area (Å²) in [6.45, 7) is 4.55. The number of aliphatic carboxylic acids is 1. The third kappa shape index (κ3) is 40.5. The Labute approximate surface area is 363 Å². The molecule has 0 heterocycles. The molecule has 8 heteroatoms. The monoisotopic (exact) mass is 830 g/mol. The molecule has 0 spiro atoms. The van der Waals surface area contributed by atoms with Gasteiger partial charge in [0, 0.05) is 19.3 Å². The number of carbonyl (C=O) groups is 3. The van der Waals surface area contributed by atoms with E-state index in [1.165, 1.54) is 103 Å². The standard InChI is InChI=1S/C51H91NO7/c1-6-8-10-12-14-16-18-20-22-24-26-27-29-31-33-35-37-39-41-49(53)58-46-47(45-57-44-43-48(51(55)56)52(3,4)5)59-50(54)42-40-38-36-34-32-30-28-25-23-21-19-17-15-13-11-9-7-2/h9,11,15,17,21-24,47-48H,6-8,10,12-14,16,18-20,25-46H2,1-5H3/b11-9-,17-15-,23-21-,24-22-. The highest BCUT2D eigenvalue weighted by Gasteiger charge is 2.25. The van der Waals surface area contributed by atoms with E-state index in [0.717, 1.165) is 70.6 Å². The number of nitrogens with zero attached hydrogens (tertiary/aromatic N) is 1. The number of likely N-dealkylation sites (N-methyl/N-ethyl adjacent to an activating group) is 1. The number of carboxylic acid groups (broad SMARTS) is 1. The lowest BCUT2D eigenvalue weighted by Crippen LogP contribution is -2.55. The zero-order valence-electron chi connectivity index (χ0n) is 38.9. The summed E-state index contributed by atoms with van der Waals surface area (Å²) in [5.41, 5.74) is 0. The summed E-state index contributed by atoms with van der Waals surface area (Å²) in [6, 6.07) is -0.729. The maximum absolute atomic E-state index is 12.8. The minimum Gasteiger partial charge on any atom is -0.544 e. The molecule has 0 bridgehead atoms. The highest BCUT2D eigenvalue weighted by atomic mass is 16.6. The first-order valence-corrected chi connectivity index (χ1v) is 24.2. The number of hydrogen-bond donors (Lipinski definition) is 0. The molecule has 0 saturated heterocycles. The fraction of sp³-hybridized carbons (Fsp3) is 0.784. The molecule has 2 atom stereocenters. The van der Waals surface area contributed by atoms with E-state index in [1.54, 1.807) is 21.1 Å². The minimum absolute atomic E-state index is 0.0352. The third-order valence-electron chi connectivity index (χ3n) is 10.7. The summed E-state index contributed by atoms with van der Waals surface area (Å²) in [6.07, 6.45) is 49.9. The van der Waals surface area contributed by atoms with E-state index in [1.807, 2.05) is 0 Å². The molecular formula is C51H91NO7. The fourth-order valence-electron chi connectivity index (χ4n) is 6.96. The van der Waals surface area contributed by atoms with Crippen molar-refractivity contribution in [2.24, 2.45) is 0 Å². The van der Waals surface area contributed by atoms with Crippen molar-refractivity contribution in [2.45, 2.75) is 219 Å². The Bertz CT molecular complexity index is 1110. The van der Waals surface area contributed by atoms with Gasteiger partial charge in [0.1, 0.15) is 12.6 Å². The van der Waals surface area contributed by atoms with Crippen LogP contribution in [0.3, 0.4) is 0 Å². The van der Waals surface area contributed by atoms with Crippen molar-refractivity contribution in [3.05, 3.63) is 48.6 Å². The van der Waals surface area contributed by atoms with Gasteiger partial charge in [0.15, 0.2) is 6.10 Å². The predicted octanol–water partition coefficient (Wildman–Crippen LogP) is 12.3. The van der Waals surface area contributed by atoms with Crippen molar-refractivity contribution in [1.82, 2.24) is 0 Å². The molecule has 0 saturated carbocycles. The lowest BCUT2D eigenvalue weighted by atomic mass is 10.1. The topological polar surface area (TPSA) is 102 Å². The summed E-state index contributed by atoms with van der Waals surface area (Å²) in [4.78, 5) is 37.0. The summed E-state index contributed by atoms with van der Waals surface area (Å²) >= 11 is 0. The first-order chi connectivity index (χ1) is 28.6. The van der Waals surface area contributed by atoms with Crippen molar-refractivity contribution in [3.63, 3.8) is 0 Å². The van der Waals surface area contributed by atoms with Gasteiger partial charge in [0.05, 0.1) is 40.3 Å². The molecule has 0 rings (SSSR count). The number of rotatable bonds is 43. The van der Waals surface area contributed by atoms with Gasteiger partial charge in [0.2, 0.25) is 0 Å². The van der Waals surface area contributed by atoms with E-state index in [2.05, 4.69) is 62.5 Å². The SMILES string of the molecule is CC/C=C\C/C=C\C/C=C\CCCCCCCCCC(=O)OC(COCCC(C(=O)[O-])[N+](C)(C)C)COC(=O)CCCCCCCCC/C=C\CCCCCCCCC. The van der Waals surface area contributed by atoms with Crippen LogP contribution >= 0.6 is 0 Å². The number of ether oxygens (including phenoxy) is 3. The number of quaternary nitrogens is 1. The largest absolute Gasteiger partial charge is 0.544 e. The normalized spacial score (nSPS) is 13.3. The maximum atomic E-state index is 12.8. The summed E-state index contributed by atoms with van der Waals surface area (Å²) in [7, 11) is 5.41. The molecule has 0 radical (unpaired) electrons. The van der Waals surface area contributed by atoms with E-state index in [4.69, 9.17) is 14.2 Å². The molecule has 0 aliphatic heterocycles. The summed E-state index contributed by atoms with van der Waals surface area (Å²) in [5, 5.41) is 11.6. The van der Waals surface area contributed by atoms with Crippen LogP contribution in [0.1, 0.15) is 206 Å². The maximum Gasteiger partial charge on any atom is 0.306 e. The number of hydrogen-bond acceptors (Lipinski definition) is 7. The van der Waals surface area contributed by atoms with Crippen molar-refractivity contribution in [1.29, 1.82) is 0 Å². The molecule has 0 aromatic rings. The van der Waals surface area contributed by atoms with Crippen LogP contribution in [0.4, 0.5) is 0 Å². The zero-order valence-corrected chi connectivity index (χ0v) is 38.9. The highest BCUT2D eigenvalue weighted by Crippen LogP contribution is 2.14. The lowest BCUT2D eigenvalue weighted by molar-refractivity contribution is -0.889. The van der Waals surface area contributed by atoms with Crippen molar-refractivity contribution in [3.8, 4) is 0 Å². The highest BCUT2D eigenvalue weighted by molar-refractivity contribution is 5.70. The Morgan fingerprint density at radius 1 is 0.525 bits per heavy atom. The van der Waals surface area contributed by atoms with Gasteiger partial charge in [-0.25, -0.2) is 0 Å². The molecule has 59 heavy (non-hydrogen) atoms. The predicted molar refractivity (Wildman–Crippen MR) is 245 cm³/mol. The molecule has 0 aromatic heterocycles. The van der Waals surface area contributed by atoms with E-state index >= 15 is 0 Å². The molecule has 0 amide bonds. The van der Waals surface area contributed by atoms with E-state index in [0.29, 0.717) is 12.8 Å². The van der Waals surface area contributed by atoms with Gasteiger partial charge in [0.25, 0.3) is 0 Å². The molecule has 342 valence electrons. The van der Waals surface area contributed by atoms with Crippen LogP contribution < -0.4 is 5.11 Å². The molecule has 0 aromatic carbocycles. The van der Waals surface area contributed by atoms with Crippen molar-refractivity contribution < 1.29 is 38.2 Å². The zero-order chi connectivity index (χ0) is 43.5. The summed E-state index contributed by atoms with van der Waals surface area (Å²) < 4.78 is 17.2. The number of unbranched alkanes of at least 4 members (excludes halogenated alkanes) is 21. The number of carboxylic acids is 1. The quantitative estimate of drug-likeness (QED) is 0.0261. The Morgan fingerprint density at radius 3 is 1.42 bits per heavy atom. The molecular weight excluding hydrogens is 739 g/mol. The van der Waals surface area contributed by atoms with Crippen LogP contribution in [0, 0.1) is 0 Å². The van der Waals surface area contributed by atoms with Crippen LogP contribution in [-0.4, -0.2) is 75.5 Å². The van der Waals surface area contributed by atoms with E-state index < -0.39 is 18.1 Å². The third-order valence-corrected chi connectivity index (χ3v) is 10.7. The Balaban J connectivity index is 4.30. The van der Waals surface area contributed by atoms with Gasteiger partial charge in [-0.3, -0.25) is 9.59 Å². The van der Waals surface area contributed by atoms with E-state index in [-0.39, 0.29) is 42.7 Å². The van der Waals surface area contributed by atoms with Crippen LogP contribution in [0.25, 0.3) is 0 Å². The van der Waals surface area contributed by atoms with Gasteiger partial charge in [-0.2, -0.15) is 0 Å². The van der Waals surface area contributed by atoms with Gasteiger partial charge < -0.3 is 28.6 Å². The number of esters is 2. The number of carbonyl (C=O) groups excluding carboxylic acids is 3. The molecule has 0 fully saturated rings.